The molecular formula is C8H12N2O. The molecule has 1 rings (SSSR count). The molecule has 11 heavy (non-hydrogen) atoms. The minimum absolute atomic E-state index is 0.0104. The lowest BCUT2D eigenvalue weighted by Gasteiger charge is -2.26. The molecule has 0 bridgehead atoms. The Morgan fingerprint density at radius 1 is 1.55 bits per heavy atom. The van der Waals surface area contributed by atoms with Gasteiger partial charge in [-0.15, -0.1) is 0 Å². The summed E-state index contributed by atoms with van der Waals surface area (Å²) in [7, 11) is 2.03. The van der Waals surface area contributed by atoms with E-state index in [1.165, 1.54) is 0 Å². The van der Waals surface area contributed by atoms with Crippen LogP contribution in [-0.2, 0) is 4.79 Å². The van der Waals surface area contributed by atoms with E-state index in [1.54, 1.807) is 6.07 Å². The first-order valence-corrected chi connectivity index (χ1v) is 3.86. The predicted molar refractivity (Wildman–Crippen MR) is 40.8 cm³/mol. The molecule has 0 aromatic heterocycles. The van der Waals surface area contributed by atoms with Gasteiger partial charge in [0.2, 0.25) is 5.78 Å². The molecule has 0 radical (unpaired) electrons. The van der Waals surface area contributed by atoms with Crippen LogP contribution in [-0.4, -0.2) is 30.8 Å². The number of Topliss-reactive ketones (excluding diaryl/α,β-unsaturated/α-hetero) is 1. The lowest BCUT2D eigenvalue weighted by atomic mass is 9.93. The molecule has 0 N–H and O–H groups in total. The minimum atomic E-state index is -0.238. The Morgan fingerprint density at radius 3 is 2.55 bits per heavy atom. The first-order valence-electron chi connectivity index (χ1n) is 3.86. The first-order chi connectivity index (χ1) is 5.24. The van der Waals surface area contributed by atoms with E-state index in [1.807, 2.05) is 7.05 Å². The number of likely N-dealkylation sites (tertiary alicyclic amines) is 1. The maximum atomic E-state index is 10.9. The van der Waals surface area contributed by atoms with Gasteiger partial charge in [0, 0.05) is 5.92 Å². The summed E-state index contributed by atoms with van der Waals surface area (Å²) in [6.45, 7) is 1.89. The summed E-state index contributed by atoms with van der Waals surface area (Å²) >= 11 is 0. The number of nitrogens with zero attached hydrogens (tertiary/aromatic N) is 2. The zero-order valence-electron chi connectivity index (χ0n) is 6.71. The van der Waals surface area contributed by atoms with E-state index in [2.05, 4.69) is 4.90 Å². The van der Waals surface area contributed by atoms with E-state index in [4.69, 9.17) is 5.26 Å². The molecule has 0 aromatic rings. The van der Waals surface area contributed by atoms with E-state index in [0.717, 1.165) is 25.9 Å². The van der Waals surface area contributed by atoms with E-state index in [-0.39, 0.29) is 11.7 Å². The maximum Gasteiger partial charge on any atom is 0.235 e. The third-order valence-corrected chi connectivity index (χ3v) is 2.20. The van der Waals surface area contributed by atoms with Gasteiger partial charge in [0.15, 0.2) is 0 Å². The summed E-state index contributed by atoms with van der Waals surface area (Å²) in [5, 5.41) is 8.34. The van der Waals surface area contributed by atoms with Crippen LogP contribution >= 0.6 is 0 Å². The molecule has 1 aliphatic rings. The van der Waals surface area contributed by atoms with Gasteiger partial charge in [-0.2, -0.15) is 5.26 Å². The summed E-state index contributed by atoms with van der Waals surface area (Å²) in [4.78, 5) is 13.1. The third-order valence-electron chi connectivity index (χ3n) is 2.20. The maximum absolute atomic E-state index is 10.9. The van der Waals surface area contributed by atoms with Crippen molar-refractivity contribution in [3.8, 4) is 6.07 Å². The number of rotatable bonds is 1. The van der Waals surface area contributed by atoms with Crippen molar-refractivity contribution in [2.75, 3.05) is 20.1 Å². The summed E-state index contributed by atoms with van der Waals surface area (Å²) < 4.78 is 0. The van der Waals surface area contributed by atoms with Crippen LogP contribution in [0.3, 0.4) is 0 Å². The SMILES string of the molecule is CN1CCC(C(=O)C#N)CC1. The molecule has 1 fully saturated rings. The highest BCUT2D eigenvalue weighted by atomic mass is 16.1. The van der Waals surface area contributed by atoms with Gasteiger partial charge in [-0.3, -0.25) is 4.79 Å². The van der Waals surface area contributed by atoms with Crippen molar-refractivity contribution in [2.24, 2.45) is 5.92 Å². The second-order valence-corrected chi connectivity index (χ2v) is 3.05. The van der Waals surface area contributed by atoms with Crippen LogP contribution in [0, 0.1) is 17.2 Å². The third kappa shape index (κ3) is 2.02. The highest BCUT2D eigenvalue weighted by Crippen LogP contribution is 2.16. The highest BCUT2D eigenvalue weighted by Gasteiger charge is 2.22. The number of hydrogen-bond acceptors (Lipinski definition) is 3. The van der Waals surface area contributed by atoms with Gasteiger partial charge in [-0.25, -0.2) is 0 Å². The van der Waals surface area contributed by atoms with Crippen molar-refractivity contribution in [1.82, 2.24) is 4.90 Å². The average molecular weight is 152 g/mol. The zero-order valence-corrected chi connectivity index (χ0v) is 6.71. The molecule has 3 heteroatoms. The van der Waals surface area contributed by atoms with Gasteiger partial charge in [-0.05, 0) is 33.0 Å². The van der Waals surface area contributed by atoms with E-state index < -0.39 is 0 Å². The summed E-state index contributed by atoms with van der Waals surface area (Å²) in [6, 6.07) is 1.69. The molecule has 0 aliphatic carbocycles. The topological polar surface area (TPSA) is 44.1 Å². The van der Waals surface area contributed by atoms with Crippen LogP contribution in [0.2, 0.25) is 0 Å². The van der Waals surface area contributed by atoms with E-state index in [0.29, 0.717) is 0 Å². The molecule has 3 nitrogen and oxygen atoms in total. The molecule has 1 heterocycles. The van der Waals surface area contributed by atoms with Gasteiger partial charge in [0.25, 0.3) is 0 Å². The van der Waals surface area contributed by atoms with Crippen LogP contribution in [0.5, 0.6) is 0 Å². The number of carbonyl (C=O) groups excluding carboxylic acids is 1. The number of carbonyl (C=O) groups is 1. The molecular weight excluding hydrogens is 140 g/mol. The molecule has 0 amide bonds. The molecule has 0 atom stereocenters. The standard InChI is InChI=1S/C8H12N2O/c1-10-4-2-7(3-5-10)8(11)6-9/h7H,2-5H2,1H3. The van der Waals surface area contributed by atoms with Gasteiger partial charge in [0.1, 0.15) is 6.07 Å². The van der Waals surface area contributed by atoms with Crippen molar-refractivity contribution in [2.45, 2.75) is 12.8 Å². The second-order valence-electron chi connectivity index (χ2n) is 3.05. The Hall–Kier alpha value is -0.880. The lowest BCUT2D eigenvalue weighted by molar-refractivity contribution is -0.118. The Balaban J connectivity index is 2.40. The van der Waals surface area contributed by atoms with Crippen molar-refractivity contribution in [1.29, 1.82) is 5.26 Å². The molecule has 0 aromatic carbocycles. The van der Waals surface area contributed by atoms with Crippen molar-refractivity contribution < 1.29 is 4.79 Å². The molecule has 60 valence electrons. The summed E-state index contributed by atoms with van der Waals surface area (Å²) in [5.41, 5.74) is 0. The van der Waals surface area contributed by atoms with Crippen molar-refractivity contribution >= 4 is 5.78 Å². The van der Waals surface area contributed by atoms with Crippen LogP contribution in [0.15, 0.2) is 0 Å². The normalized spacial score (nSPS) is 21.1. The zero-order chi connectivity index (χ0) is 8.27. The van der Waals surface area contributed by atoms with Crippen LogP contribution in [0.4, 0.5) is 0 Å². The van der Waals surface area contributed by atoms with Gasteiger partial charge < -0.3 is 4.90 Å². The number of nitriles is 1. The average Bonchev–Trinajstić information content (AvgIpc) is 2.05. The quantitative estimate of drug-likeness (QED) is 0.511. The Labute approximate surface area is 66.6 Å². The fourth-order valence-corrected chi connectivity index (χ4v) is 1.36. The fourth-order valence-electron chi connectivity index (χ4n) is 1.36. The highest BCUT2D eigenvalue weighted by molar-refractivity contribution is 5.95. The van der Waals surface area contributed by atoms with Crippen molar-refractivity contribution in [3.63, 3.8) is 0 Å². The molecule has 1 saturated heterocycles. The van der Waals surface area contributed by atoms with E-state index in [9.17, 15) is 4.79 Å². The second kappa shape index (κ2) is 3.49. The van der Waals surface area contributed by atoms with Crippen LogP contribution in [0.25, 0.3) is 0 Å². The number of ketones is 1. The smallest absolute Gasteiger partial charge is 0.235 e. The van der Waals surface area contributed by atoms with Gasteiger partial charge in [0.05, 0.1) is 0 Å². The van der Waals surface area contributed by atoms with Crippen LogP contribution in [0.1, 0.15) is 12.8 Å². The molecule has 0 saturated carbocycles. The summed E-state index contributed by atoms with van der Waals surface area (Å²) in [6.07, 6.45) is 1.70. The van der Waals surface area contributed by atoms with Crippen LogP contribution < -0.4 is 0 Å². The molecule has 0 spiro atoms. The number of hydrogen-bond donors (Lipinski definition) is 0. The fraction of sp³-hybridized carbons (Fsp3) is 0.750. The molecule has 1 aliphatic heterocycles. The van der Waals surface area contributed by atoms with Gasteiger partial charge >= 0.3 is 0 Å². The van der Waals surface area contributed by atoms with Crippen molar-refractivity contribution in [3.05, 3.63) is 0 Å². The Kier molecular flexibility index (Phi) is 2.61. The first kappa shape index (κ1) is 8.22. The minimum Gasteiger partial charge on any atom is -0.306 e. The summed E-state index contributed by atoms with van der Waals surface area (Å²) in [5.74, 6) is -0.228. The van der Waals surface area contributed by atoms with E-state index >= 15 is 0 Å². The Bertz CT molecular complexity index is 187. The molecule has 0 unspecified atom stereocenters. The predicted octanol–water partition coefficient (Wildman–Crippen LogP) is 0.421. The largest absolute Gasteiger partial charge is 0.306 e. The lowest BCUT2D eigenvalue weighted by Crippen LogP contribution is -2.33. The monoisotopic (exact) mass is 152 g/mol. The Morgan fingerprint density at radius 2 is 2.09 bits per heavy atom. The number of piperidine rings is 1. The van der Waals surface area contributed by atoms with Gasteiger partial charge in [-0.1, -0.05) is 0 Å².